The third kappa shape index (κ3) is 2.88. The average molecular weight is 338 g/mol. The molecule has 1 aromatic heterocycles. The summed E-state index contributed by atoms with van der Waals surface area (Å²) in [5.74, 6) is 0.893. The van der Waals surface area contributed by atoms with Crippen molar-refractivity contribution in [2.45, 2.75) is 6.54 Å². The molecule has 2 aromatic carbocycles. The van der Waals surface area contributed by atoms with Crippen molar-refractivity contribution >= 4 is 15.9 Å². The van der Waals surface area contributed by atoms with Gasteiger partial charge in [-0.3, -0.25) is 0 Å². The third-order valence-electron chi connectivity index (χ3n) is 3.28. The zero-order valence-corrected chi connectivity index (χ0v) is 12.8. The van der Waals surface area contributed by atoms with Crippen molar-refractivity contribution in [1.29, 1.82) is 5.26 Å². The third-order valence-corrected chi connectivity index (χ3v) is 3.77. The van der Waals surface area contributed by atoms with E-state index in [4.69, 9.17) is 0 Å². The fraction of sp³-hybridized carbons (Fsp3) is 0.0588. The maximum atomic E-state index is 9.19. The van der Waals surface area contributed by atoms with Gasteiger partial charge in [0.25, 0.3) is 0 Å². The lowest BCUT2D eigenvalue weighted by molar-refractivity contribution is 0.805. The summed E-state index contributed by atoms with van der Waals surface area (Å²) >= 11 is 3.48. The number of rotatable bonds is 3. The maximum Gasteiger partial charge on any atom is 0.140 e. The van der Waals surface area contributed by atoms with Crippen molar-refractivity contribution in [3.8, 4) is 17.5 Å². The Bertz CT molecular complexity index is 815. The van der Waals surface area contributed by atoms with Gasteiger partial charge in [-0.05, 0) is 23.8 Å². The van der Waals surface area contributed by atoms with Crippen molar-refractivity contribution in [3.63, 3.8) is 0 Å². The molecular weight excluding hydrogens is 326 g/mol. The van der Waals surface area contributed by atoms with Crippen LogP contribution in [0, 0.1) is 11.3 Å². The first-order chi connectivity index (χ1) is 10.3. The van der Waals surface area contributed by atoms with E-state index in [9.17, 15) is 5.26 Å². The molecule has 0 aliphatic carbocycles. The lowest BCUT2D eigenvalue weighted by Gasteiger charge is -2.09. The fourth-order valence-electron chi connectivity index (χ4n) is 2.28. The van der Waals surface area contributed by atoms with Crippen LogP contribution in [0.1, 0.15) is 11.1 Å². The van der Waals surface area contributed by atoms with E-state index >= 15 is 0 Å². The molecule has 3 rings (SSSR count). The smallest absolute Gasteiger partial charge is 0.140 e. The van der Waals surface area contributed by atoms with Gasteiger partial charge in [-0.2, -0.15) is 5.26 Å². The van der Waals surface area contributed by atoms with E-state index < -0.39 is 0 Å². The molecule has 0 fully saturated rings. The molecule has 0 spiro atoms. The molecular formula is C17H12BrN3. The summed E-state index contributed by atoms with van der Waals surface area (Å²) in [6, 6.07) is 17.9. The van der Waals surface area contributed by atoms with Crippen LogP contribution in [0.4, 0.5) is 0 Å². The van der Waals surface area contributed by atoms with Crippen molar-refractivity contribution in [3.05, 3.63) is 76.5 Å². The second-order valence-corrected chi connectivity index (χ2v) is 5.57. The minimum absolute atomic E-state index is 0.631. The van der Waals surface area contributed by atoms with Gasteiger partial charge in [0.2, 0.25) is 0 Å². The quantitative estimate of drug-likeness (QED) is 0.717. The van der Waals surface area contributed by atoms with Crippen molar-refractivity contribution < 1.29 is 0 Å². The van der Waals surface area contributed by atoms with Crippen LogP contribution in [0.5, 0.6) is 0 Å². The van der Waals surface area contributed by atoms with Gasteiger partial charge in [0.1, 0.15) is 5.82 Å². The van der Waals surface area contributed by atoms with Crippen LogP contribution in [0.2, 0.25) is 0 Å². The highest BCUT2D eigenvalue weighted by molar-refractivity contribution is 9.10. The molecule has 21 heavy (non-hydrogen) atoms. The summed E-state index contributed by atoms with van der Waals surface area (Å²) in [6.45, 7) is 0.631. The fourth-order valence-corrected chi connectivity index (χ4v) is 2.67. The van der Waals surface area contributed by atoms with Gasteiger partial charge in [0.15, 0.2) is 0 Å². The average Bonchev–Trinajstić information content (AvgIpc) is 2.96. The summed E-state index contributed by atoms with van der Waals surface area (Å²) < 4.78 is 3.07. The Morgan fingerprint density at radius 1 is 1.14 bits per heavy atom. The first-order valence-corrected chi connectivity index (χ1v) is 7.32. The summed E-state index contributed by atoms with van der Waals surface area (Å²) in [7, 11) is 0. The number of imidazole rings is 1. The summed E-state index contributed by atoms with van der Waals surface area (Å²) in [6.07, 6.45) is 3.72. The van der Waals surface area contributed by atoms with E-state index in [-0.39, 0.29) is 0 Å². The molecule has 102 valence electrons. The number of nitriles is 1. The van der Waals surface area contributed by atoms with Crippen LogP contribution < -0.4 is 0 Å². The normalized spacial score (nSPS) is 10.3. The van der Waals surface area contributed by atoms with Crippen molar-refractivity contribution in [1.82, 2.24) is 9.55 Å². The first kappa shape index (κ1) is 13.6. The van der Waals surface area contributed by atoms with Crippen LogP contribution in [-0.4, -0.2) is 9.55 Å². The van der Waals surface area contributed by atoms with Crippen LogP contribution in [0.15, 0.2) is 65.4 Å². The summed E-state index contributed by atoms with van der Waals surface area (Å²) in [5.41, 5.74) is 2.74. The van der Waals surface area contributed by atoms with E-state index in [0.29, 0.717) is 12.1 Å². The van der Waals surface area contributed by atoms with Crippen molar-refractivity contribution in [2.24, 2.45) is 0 Å². The van der Waals surface area contributed by atoms with E-state index in [1.807, 2.05) is 54.7 Å². The molecule has 0 unspecified atom stereocenters. The highest BCUT2D eigenvalue weighted by atomic mass is 79.9. The van der Waals surface area contributed by atoms with Gasteiger partial charge < -0.3 is 4.57 Å². The van der Waals surface area contributed by atoms with Gasteiger partial charge in [0.05, 0.1) is 18.2 Å². The van der Waals surface area contributed by atoms with E-state index in [0.717, 1.165) is 21.4 Å². The van der Waals surface area contributed by atoms with Crippen LogP contribution in [-0.2, 0) is 6.54 Å². The largest absolute Gasteiger partial charge is 0.327 e. The summed E-state index contributed by atoms with van der Waals surface area (Å²) in [4.78, 5) is 4.44. The van der Waals surface area contributed by atoms with Crippen LogP contribution >= 0.6 is 15.9 Å². The summed E-state index contributed by atoms with van der Waals surface area (Å²) in [5, 5.41) is 9.19. The number of halogens is 1. The number of nitrogens with zero attached hydrogens (tertiary/aromatic N) is 3. The zero-order valence-electron chi connectivity index (χ0n) is 11.2. The lowest BCUT2D eigenvalue weighted by Crippen LogP contribution is -2.02. The highest BCUT2D eigenvalue weighted by Crippen LogP contribution is 2.22. The Kier molecular flexibility index (Phi) is 3.85. The molecule has 0 saturated heterocycles. The van der Waals surface area contributed by atoms with Gasteiger partial charge in [-0.25, -0.2) is 4.98 Å². The molecule has 0 aliphatic heterocycles. The topological polar surface area (TPSA) is 41.6 Å². The molecule has 0 bridgehead atoms. The lowest BCUT2D eigenvalue weighted by atomic mass is 10.1. The molecule has 0 atom stereocenters. The van der Waals surface area contributed by atoms with Crippen molar-refractivity contribution in [2.75, 3.05) is 0 Å². The number of aromatic nitrogens is 2. The molecule has 0 saturated carbocycles. The Hall–Kier alpha value is -2.38. The number of hydrogen-bond donors (Lipinski definition) is 0. The Morgan fingerprint density at radius 2 is 2.00 bits per heavy atom. The minimum Gasteiger partial charge on any atom is -0.327 e. The van der Waals surface area contributed by atoms with Gasteiger partial charge >= 0.3 is 0 Å². The van der Waals surface area contributed by atoms with E-state index in [1.54, 1.807) is 6.20 Å². The molecule has 4 heteroatoms. The standard InChI is InChI=1S/C17H12BrN3/c18-16-7-3-6-13(10-16)17-20-8-9-21(17)12-15-5-2-1-4-14(15)11-19/h1-10H,12H2. The minimum atomic E-state index is 0.631. The predicted molar refractivity (Wildman–Crippen MR) is 85.6 cm³/mol. The van der Waals surface area contributed by atoms with Gasteiger partial charge in [0, 0.05) is 22.4 Å². The number of hydrogen-bond acceptors (Lipinski definition) is 2. The maximum absolute atomic E-state index is 9.19. The first-order valence-electron chi connectivity index (χ1n) is 6.53. The second-order valence-electron chi connectivity index (χ2n) is 4.66. The van der Waals surface area contributed by atoms with Crippen LogP contribution in [0.25, 0.3) is 11.4 Å². The van der Waals surface area contributed by atoms with E-state index in [1.165, 1.54) is 0 Å². The Balaban J connectivity index is 1.99. The van der Waals surface area contributed by atoms with Gasteiger partial charge in [-0.15, -0.1) is 0 Å². The Labute approximate surface area is 131 Å². The SMILES string of the molecule is N#Cc1ccccc1Cn1ccnc1-c1cccc(Br)c1. The molecule has 0 aliphatic rings. The second kappa shape index (κ2) is 5.94. The zero-order chi connectivity index (χ0) is 14.7. The van der Waals surface area contributed by atoms with E-state index in [2.05, 4.69) is 31.6 Å². The number of benzene rings is 2. The van der Waals surface area contributed by atoms with Crippen LogP contribution in [0.3, 0.4) is 0 Å². The molecule has 3 aromatic rings. The molecule has 0 N–H and O–H groups in total. The Morgan fingerprint density at radius 3 is 2.81 bits per heavy atom. The monoisotopic (exact) mass is 337 g/mol. The van der Waals surface area contributed by atoms with Gasteiger partial charge in [-0.1, -0.05) is 46.3 Å². The highest BCUT2D eigenvalue weighted by Gasteiger charge is 2.08. The molecule has 0 amide bonds. The molecule has 0 radical (unpaired) electrons. The molecule has 3 nitrogen and oxygen atoms in total. The molecule has 1 heterocycles. The predicted octanol–water partition coefficient (Wildman–Crippen LogP) is 4.23.